The van der Waals surface area contributed by atoms with Crippen molar-refractivity contribution in [2.24, 2.45) is 0 Å². The van der Waals surface area contributed by atoms with E-state index >= 15 is 0 Å². The summed E-state index contributed by atoms with van der Waals surface area (Å²) in [5, 5.41) is 0. The molecule has 4 nitrogen and oxygen atoms in total. The Balaban J connectivity index is 2.17. The minimum atomic E-state index is 0.340. The highest BCUT2D eigenvalue weighted by Gasteiger charge is 2.24. The van der Waals surface area contributed by atoms with Gasteiger partial charge < -0.3 is 10.6 Å². The van der Waals surface area contributed by atoms with E-state index in [9.17, 15) is 0 Å². The fraction of sp³-hybridized carbons (Fsp3) is 0.636. The van der Waals surface area contributed by atoms with Gasteiger partial charge >= 0.3 is 0 Å². The Kier molecular flexibility index (Phi) is 3.82. The molecule has 1 aliphatic rings. The van der Waals surface area contributed by atoms with Gasteiger partial charge in [-0.1, -0.05) is 13.8 Å². The van der Waals surface area contributed by atoms with Crippen LogP contribution in [-0.4, -0.2) is 33.6 Å². The molecule has 1 aromatic rings. The van der Waals surface area contributed by atoms with Crippen LogP contribution in [-0.2, 0) is 0 Å². The van der Waals surface area contributed by atoms with Gasteiger partial charge in [0.15, 0.2) is 0 Å². The summed E-state index contributed by atoms with van der Waals surface area (Å²) >= 11 is 5.37. The van der Waals surface area contributed by atoms with E-state index < -0.39 is 0 Å². The highest BCUT2D eigenvalue weighted by molar-refractivity contribution is 9.10. The van der Waals surface area contributed by atoms with Crippen molar-refractivity contribution in [3.8, 4) is 0 Å². The molecule has 0 saturated carbocycles. The summed E-state index contributed by atoms with van der Waals surface area (Å²) in [4.78, 5) is 10.9. The van der Waals surface area contributed by atoms with Gasteiger partial charge in [0.1, 0.15) is 10.4 Å². The van der Waals surface area contributed by atoms with Crippen LogP contribution in [0, 0.1) is 0 Å². The molecule has 17 heavy (non-hydrogen) atoms. The van der Waals surface area contributed by atoms with Crippen molar-refractivity contribution < 1.29 is 0 Å². The van der Waals surface area contributed by atoms with E-state index in [-0.39, 0.29) is 0 Å². The van der Waals surface area contributed by atoms with Crippen molar-refractivity contribution in [1.82, 2.24) is 9.97 Å². The predicted molar refractivity (Wildman–Crippen MR) is 77.5 cm³/mol. The van der Waals surface area contributed by atoms with Crippen molar-refractivity contribution in [3.05, 3.63) is 10.7 Å². The molecule has 0 atom stereocenters. The molecule has 0 aromatic carbocycles. The number of halogens is 1. The number of nitrogen functional groups attached to an aromatic ring is 1. The fourth-order valence-corrected chi connectivity index (χ4v) is 3.28. The van der Waals surface area contributed by atoms with E-state index in [0.29, 0.717) is 10.6 Å². The number of anilines is 2. The lowest BCUT2D eigenvalue weighted by molar-refractivity contribution is 0.631. The molecule has 1 aromatic heterocycles. The van der Waals surface area contributed by atoms with Crippen LogP contribution in [0.15, 0.2) is 10.7 Å². The van der Waals surface area contributed by atoms with Crippen LogP contribution in [0.5, 0.6) is 0 Å². The molecule has 1 fully saturated rings. The molecule has 1 aliphatic heterocycles. The number of nitrogens with two attached hydrogens (primary N) is 1. The molecule has 0 bridgehead atoms. The zero-order valence-corrected chi connectivity index (χ0v) is 12.5. The van der Waals surface area contributed by atoms with Crippen LogP contribution in [0.2, 0.25) is 0 Å². The Morgan fingerprint density at radius 2 is 2.18 bits per heavy atom. The maximum absolute atomic E-state index is 5.75. The highest BCUT2D eigenvalue weighted by atomic mass is 79.9. The van der Waals surface area contributed by atoms with Gasteiger partial charge in [-0.05, 0) is 22.4 Å². The van der Waals surface area contributed by atoms with Crippen molar-refractivity contribution in [3.63, 3.8) is 0 Å². The first-order valence-corrected chi connectivity index (χ1v) is 7.43. The Hall–Kier alpha value is -0.490. The van der Waals surface area contributed by atoms with E-state index in [4.69, 9.17) is 5.73 Å². The van der Waals surface area contributed by atoms with Crippen LogP contribution >= 0.6 is 27.7 Å². The monoisotopic (exact) mass is 316 g/mol. The molecule has 2 rings (SSSR count). The number of thioether (sulfide) groups is 1. The molecule has 6 heteroatoms. The van der Waals surface area contributed by atoms with E-state index in [1.54, 1.807) is 6.07 Å². The minimum Gasteiger partial charge on any atom is -0.383 e. The van der Waals surface area contributed by atoms with Gasteiger partial charge in [0.05, 0.1) is 0 Å². The molecular weight excluding hydrogens is 300 g/mol. The maximum Gasteiger partial charge on any atom is 0.228 e. The van der Waals surface area contributed by atoms with Gasteiger partial charge in [0.25, 0.3) is 0 Å². The molecule has 2 N–H and O–H groups in total. The lowest BCUT2D eigenvalue weighted by Gasteiger charge is -2.22. The molecule has 1 saturated heterocycles. The summed E-state index contributed by atoms with van der Waals surface area (Å²) in [7, 11) is 0. The smallest absolute Gasteiger partial charge is 0.228 e. The van der Waals surface area contributed by atoms with Crippen molar-refractivity contribution in [1.29, 1.82) is 0 Å². The molecule has 0 aliphatic carbocycles. The average Bonchev–Trinajstić information content (AvgIpc) is 2.38. The third kappa shape index (κ3) is 3.48. The van der Waals surface area contributed by atoms with E-state index in [2.05, 4.69) is 44.6 Å². The van der Waals surface area contributed by atoms with Crippen LogP contribution in [0.4, 0.5) is 11.8 Å². The highest BCUT2D eigenvalue weighted by Crippen LogP contribution is 2.31. The van der Waals surface area contributed by atoms with Crippen molar-refractivity contribution in [2.45, 2.75) is 25.0 Å². The van der Waals surface area contributed by atoms with E-state index in [1.807, 2.05) is 11.8 Å². The van der Waals surface area contributed by atoms with Gasteiger partial charge in [-0.3, -0.25) is 0 Å². The summed E-state index contributed by atoms with van der Waals surface area (Å²) in [5.74, 6) is 2.34. The minimum absolute atomic E-state index is 0.340. The SMILES string of the molecule is CC1(C)CCN(c2nc(N)cc(Br)n2)CCS1. The lowest BCUT2D eigenvalue weighted by Crippen LogP contribution is -2.28. The summed E-state index contributed by atoms with van der Waals surface area (Å²) in [5.41, 5.74) is 5.75. The third-order valence-electron chi connectivity index (χ3n) is 2.82. The molecule has 0 unspecified atom stereocenters. The number of hydrogen-bond donors (Lipinski definition) is 1. The summed E-state index contributed by atoms with van der Waals surface area (Å²) < 4.78 is 1.09. The topological polar surface area (TPSA) is 55.0 Å². The average molecular weight is 317 g/mol. The van der Waals surface area contributed by atoms with Crippen LogP contribution in [0.3, 0.4) is 0 Å². The number of hydrogen-bond acceptors (Lipinski definition) is 5. The molecule has 2 heterocycles. The quantitative estimate of drug-likeness (QED) is 0.807. The van der Waals surface area contributed by atoms with Crippen LogP contribution in [0.25, 0.3) is 0 Å². The Labute approximate surface area is 115 Å². The number of rotatable bonds is 1. The van der Waals surface area contributed by atoms with Gasteiger partial charge in [0, 0.05) is 29.7 Å². The summed E-state index contributed by atoms with van der Waals surface area (Å²) in [6.07, 6.45) is 1.13. The number of nitrogens with zero attached hydrogens (tertiary/aromatic N) is 3. The Bertz CT molecular complexity index is 390. The van der Waals surface area contributed by atoms with Crippen LogP contribution < -0.4 is 10.6 Å². The predicted octanol–water partition coefficient (Wildman–Crippen LogP) is 2.54. The first kappa shape index (κ1) is 13.0. The maximum atomic E-state index is 5.75. The Morgan fingerprint density at radius 1 is 1.41 bits per heavy atom. The van der Waals surface area contributed by atoms with E-state index in [0.717, 1.165) is 35.8 Å². The number of aromatic nitrogens is 2. The first-order chi connectivity index (χ1) is 7.96. The zero-order chi connectivity index (χ0) is 12.5. The van der Waals surface area contributed by atoms with Crippen LogP contribution in [0.1, 0.15) is 20.3 Å². The molecule has 0 amide bonds. The Morgan fingerprint density at radius 3 is 2.88 bits per heavy atom. The second-order valence-corrected chi connectivity index (χ2v) is 7.38. The second-order valence-electron chi connectivity index (χ2n) is 4.76. The van der Waals surface area contributed by atoms with Gasteiger partial charge in [-0.25, -0.2) is 4.98 Å². The standard InChI is InChI=1S/C11H17BrN4S/c1-11(2)3-4-16(5-6-17-11)10-14-8(12)7-9(13)15-10/h7H,3-6H2,1-2H3,(H2,13,14,15). The van der Waals surface area contributed by atoms with E-state index in [1.165, 1.54) is 0 Å². The first-order valence-electron chi connectivity index (χ1n) is 5.65. The van der Waals surface area contributed by atoms with Gasteiger partial charge in [0.2, 0.25) is 5.95 Å². The third-order valence-corrected chi connectivity index (χ3v) is 4.60. The largest absolute Gasteiger partial charge is 0.383 e. The lowest BCUT2D eigenvalue weighted by atomic mass is 10.1. The molecule has 0 radical (unpaired) electrons. The fourth-order valence-electron chi connectivity index (χ4n) is 1.78. The molecular formula is C11H17BrN4S. The zero-order valence-electron chi connectivity index (χ0n) is 10.1. The normalized spacial score (nSPS) is 20.1. The second kappa shape index (κ2) is 5.02. The van der Waals surface area contributed by atoms with Gasteiger partial charge in [-0.15, -0.1) is 0 Å². The van der Waals surface area contributed by atoms with Crippen molar-refractivity contribution >= 4 is 39.5 Å². The van der Waals surface area contributed by atoms with Crippen molar-refractivity contribution in [2.75, 3.05) is 29.5 Å². The van der Waals surface area contributed by atoms with Gasteiger partial charge in [-0.2, -0.15) is 16.7 Å². The summed E-state index contributed by atoms with van der Waals surface area (Å²) in [6, 6.07) is 1.72. The molecule has 0 spiro atoms. The summed E-state index contributed by atoms with van der Waals surface area (Å²) in [6.45, 7) is 6.54. The molecule has 94 valence electrons.